The zero-order valence-corrected chi connectivity index (χ0v) is 12.4. The average molecular weight is 284 g/mol. The maximum absolute atomic E-state index is 12.2. The summed E-state index contributed by atoms with van der Waals surface area (Å²) in [6.07, 6.45) is 2.30. The fourth-order valence-corrected chi connectivity index (χ4v) is 2.81. The number of carbonyl (C=O) groups excluding carboxylic acids is 1. The number of carboxylic acid groups (broad SMARTS) is 1. The topological polar surface area (TPSA) is 78.9 Å². The van der Waals surface area contributed by atoms with Crippen molar-refractivity contribution in [2.24, 2.45) is 17.3 Å². The zero-order chi connectivity index (χ0) is 14.9. The molecular formula is C14H24N2O4. The van der Waals surface area contributed by atoms with Gasteiger partial charge in [0.1, 0.15) is 5.92 Å². The van der Waals surface area contributed by atoms with E-state index in [0.717, 1.165) is 12.8 Å². The number of nitrogens with zero attached hydrogens (tertiary/aromatic N) is 1. The minimum absolute atomic E-state index is 0.174. The molecule has 0 aromatic rings. The summed E-state index contributed by atoms with van der Waals surface area (Å²) in [7, 11) is 1.64. The van der Waals surface area contributed by atoms with E-state index in [4.69, 9.17) is 9.84 Å². The molecule has 2 unspecified atom stereocenters. The molecule has 0 spiro atoms. The van der Waals surface area contributed by atoms with Crippen molar-refractivity contribution < 1.29 is 19.4 Å². The van der Waals surface area contributed by atoms with E-state index in [1.807, 2.05) is 0 Å². The molecule has 6 heteroatoms. The van der Waals surface area contributed by atoms with Crippen LogP contribution < -0.4 is 5.32 Å². The Morgan fingerprint density at radius 1 is 1.40 bits per heavy atom. The molecule has 2 N–H and O–H groups in total. The molecule has 1 saturated heterocycles. The van der Waals surface area contributed by atoms with Gasteiger partial charge in [0, 0.05) is 13.6 Å². The second-order valence-electron chi connectivity index (χ2n) is 6.34. The van der Waals surface area contributed by atoms with Gasteiger partial charge in [-0.05, 0) is 24.2 Å². The average Bonchev–Trinajstić information content (AvgIpc) is 3.03. The van der Waals surface area contributed by atoms with E-state index in [-0.39, 0.29) is 30.7 Å². The number of ether oxygens (including phenoxy) is 1. The van der Waals surface area contributed by atoms with Crippen molar-refractivity contribution in [1.82, 2.24) is 10.2 Å². The van der Waals surface area contributed by atoms with Crippen molar-refractivity contribution in [3.63, 3.8) is 0 Å². The summed E-state index contributed by atoms with van der Waals surface area (Å²) in [6.45, 7) is 5.48. The molecule has 2 rings (SSSR count). The molecule has 0 bridgehead atoms. The third kappa shape index (κ3) is 2.90. The number of hydrogen-bond donors (Lipinski definition) is 2. The van der Waals surface area contributed by atoms with Crippen LogP contribution in [0.1, 0.15) is 26.7 Å². The molecule has 1 saturated carbocycles. The molecule has 1 heterocycles. The SMILES string of the molecule is CC(C)C1(CNC(=O)N(C)C2COCC2C(=O)O)CC1. The van der Waals surface area contributed by atoms with Crippen LogP contribution in [0.15, 0.2) is 0 Å². The van der Waals surface area contributed by atoms with E-state index in [2.05, 4.69) is 19.2 Å². The molecule has 20 heavy (non-hydrogen) atoms. The third-order valence-corrected chi connectivity index (χ3v) is 4.89. The molecular weight excluding hydrogens is 260 g/mol. The van der Waals surface area contributed by atoms with E-state index in [0.29, 0.717) is 12.5 Å². The van der Waals surface area contributed by atoms with Gasteiger partial charge in [-0.15, -0.1) is 0 Å². The monoisotopic (exact) mass is 284 g/mol. The molecule has 2 amide bonds. The van der Waals surface area contributed by atoms with Gasteiger partial charge in [-0.1, -0.05) is 13.8 Å². The van der Waals surface area contributed by atoms with E-state index in [1.165, 1.54) is 4.90 Å². The van der Waals surface area contributed by atoms with Crippen LogP contribution >= 0.6 is 0 Å². The summed E-state index contributed by atoms with van der Waals surface area (Å²) >= 11 is 0. The number of likely N-dealkylation sites (N-methyl/N-ethyl adjacent to an activating group) is 1. The third-order valence-electron chi connectivity index (χ3n) is 4.89. The Labute approximate surface area is 119 Å². The van der Waals surface area contributed by atoms with Gasteiger partial charge in [-0.25, -0.2) is 4.79 Å². The minimum Gasteiger partial charge on any atom is -0.481 e. The van der Waals surface area contributed by atoms with Gasteiger partial charge in [0.15, 0.2) is 0 Å². The second-order valence-corrected chi connectivity index (χ2v) is 6.34. The molecule has 0 aromatic carbocycles. The second kappa shape index (κ2) is 5.60. The predicted molar refractivity (Wildman–Crippen MR) is 73.4 cm³/mol. The van der Waals surface area contributed by atoms with Crippen molar-refractivity contribution in [1.29, 1.82) is 0 Å². The van der Waals surface area contributed by atoms with Crippen molar-refractivity contribution in [2.75, 3.05) is 26.8 Å². The predicted octanol–water partition coefficient (Wildman–Crippen LogP) is 1.16. The van der Waals surface area contributed by atoms with Gasteiger partial charge < -0.3 is 20.1 Å². The Balaban J connectivity index is 1.87. The van der Waals surface area contributed by atoms with E-state index >= 15 is 0 Å². The number of carboxylic acids is 1. The molecule has 114 valence electrons. The van der Waals surface area contributed by atoms with E-state index < -0.39 is 11.9 Å². The molecule has 1 aliphatic heterocycles. The largest absolute Gasteiger partial charge is 0.481 e. The van der Waals surface area contributed by atoms with Gasteiger partial charge in [0.25, 0.3) is 0 Å². The highest BCUT2D eigenvalue weighted by molar-refractivity contribution is 5.77. The Kier molecular flexibility index (Phi) is 4.22. The fourth-order valence-electron chi connectivity index (χ4n) is 2.81. The summed E-state index contributed by atoms with van der Waals surface area (Å²) in [5, 5.41) is 12.1. The lowest BCUT2D eigenvalue weighted by Gasteiger charge is -2.28. The first-order chi connectivity index (χ1) is 9.37. The summed E-state index contributed by atoms with van der Waals surface area (Å²) in [6, 6.07) is -0.597. The first-order valence-corrected chi connectivity index (χ1v) is 7.18. The fraction of sp³-hybridized carbons (Fsp3) is 0.857. The van der Waals surface area contributed by atoms with Crippen LogP contribution in [0.3, 0.4) is 0 Å². The number of rotatable bonds is 5. The smallest absolute Gasteiger partial charge is 0.317 e. The maximum Gasteiger partial charge on any atom is 0.317 e. The Hall–Kier alpha value is -1.30. The van der Waals surface area contributed by atoms with Crippen LogP contribution in [-0.4, -0.2) is 54.9 Å². The van der Waals surface area contributed by atoms with E-state index in [9.17, 15) is 9.59 Å². The normalized spacial score (nSPS) is 27.4. The quantitative estimate of drug-likeness (QED) is 0.794. The van der Waals surface area contributed by atoms with Gasteiger partial charge in [-0.3, -0.25) is 4.79 Å². The molecule has 2 atom stereocenters. The number of aliphatic carboxylic acids is 1. The van der Waals surface area contributed by atoms with Gasteiger partial charge in [0.05, 0.1) is 19.3 Å². The Morgan fingerprint density at radius 2 is 2.05 bits per heavy atom. The van der Waals surface area contributed by atoms with Gasteiger partial charge in [0.2, 0.25) is 0 Å². The first-order valence-electron chi connectivity index (χ1n) is 7.18. The van der Waals surface area contributed by atoms with Crippen molar-refractivity contribution in [2.45, 2.75) is 32.7 Å². The molecule has 0 aromatic heterocycles. The number of urea groups is 1. The van der Waals surface area contributed by atoms with Crippen molar-refractivity contribution in [3.8, 4) is 0 Å². The molecule has 2 aliphatic rings. The first kappa shape index (κ1) is 15.1. The Morgan fingerprint density at radius 3 is 2.55 bits per heavy atom. The highest BCUT2D eigenvalue weighted by atomic mass is 16.5. The van der Waals surface area contributed by atoms with Crippen LogP contribution in [0, 0.1) is 17.3 Å². The summed E-state index contributed by atoms with van der Waals surface area (Å²) < 4.78 is 5.20. The maximum atomic E-state index is 12.2. The van der Waals surface area contributed by atoms with E-state index in [1.54, 1.807) is 7.05 Å². The summed E-state index contributed by atoms with van der Waals surface area (Å²) in [4.78, 5) is 24.8. The Bertz CT molecular complexity index is 393. The summed E-state index contributed by atoms with van der Waals surface area (Å²) in [5.41, 5.74) is 0.245. The number of carbonyl (C=O) groups is 2. The van der Waals surface area contributed by atoms with Crippen molar-refractivity contribution in [3.05, 3.63) is 0 Å². The van der Waals surface area contributed by atoms with Crippen LogP contribution in [0.5, 0.6) is 0 Å². The molecule has 2 fully saturated rings. The van der Waals surface area contributed by atoms with Gasteiger partial charge in [-0.2, -0.15) is 0 Å². The number of amides is 2. The lowest BCUT2D eigenvalue weighted by atomic mass is 9.92. The van der Waals surface area contributed by atoms with Crippen LogP contribution in [-0.2, 0) is 9.53 Å². The van der Waals surface area contributed by atoms with Gasteiger partial charge >= 0.3 is 12.0 Å². The highest BCUT2D eigenvalue weighted by Crippen LogP contribution is 2.51. The lowest BCUT2D eigenvalue weighted by molar-refractivity contribution is -0.142. The molecule has 6 nitrogen and oxygen atoms in total. The van der Waals surface area contributed by atoms with Crippen molar-refractivity contribution >= 4 is 12.0 Å². The number of nitrogens with one attached hydrogen (secondary N) is 1. The van der Waals surface area contributed by atoms with Crippen LogP contribution in [0.25, 0.3) is 0 Å². The molecule has 0 radical (unpaired) electrons. The standard InChI is InChI=1S/C14H24N2O4/c1-9(2)14(4-5-14)8-15-13(19)16(3)11-7-20-6-10(11)12(17)18/h9-11H,4-8H2,1-3H3,(H,15,19)(H,17,18). The minimum atomic E-state index is -0.909. The molecule has 1 aliphatic carbocycles. The number of hydrogen-bond acceptors (Lipinski definition) is 3. The van der Waals surface area contributed by atoms with Crippen LogP contribution in [0.4, 0.5) is 4.79 Å². The summed E-state index contributed by atoms with van der Waals surface area (Å²) in [5.74, 6) is -0.992. The van der Waals surface area contributed by atoms with Crippen LogP contribution in [0.2, 0.25) is 0 Å². The zero-order valence-electron chi connectivity index (χ0n) is 12.4. The highest BCUT2D eigenvalue weighted by Gasteiger charge is 2.46. The lowest BCUT2D eigenvalue weighted by Crippen LogP contribution is -2.49.